The predicted molar refractivity (Wildman–Crippen MR) is 74.8 cm³/mol. The number of carbonyl (C=O) groups is 2. The van der Waals surface area contributed by atoms with Crippen LogP contribution in [0.5, 0.6) is 0 Å². The van der Waals surface area contributed by atoms with Crippen molar-refractivity contribution in [3.05, 3.63) is 23.8 Å². The van der Waals surface area contributed by atoms with E-state index in [2.05, 4.69) is 4.74 Å². The van der Waals surface area contributed by atoms with Gasteiger partial charge in [-0.15, -0.1) is 0 Å². The molecule has 2 saturated heterocycles. The summed E-state index contributed by atoms with van der Waals surface area (Å²) in [6, 6.07) is 1.35. The Labute approximate surface area is 142 Å². The minimum absolute atomic E-state index is 0.343. The lowest BCUT2D eigenvalue weighted by Crippen LogP contribution is -2.69. The Balaban J connectivity index is 1.83. The monoisotopic (exact) mass is 382 g/mol. The summed E-state index contributed by atoms with van der Waals surface area (Å²) in [5, 5.41) is 18.2. The van der Waals surface area contributed by atoms with Gasteiger partial charge in [0.2, 0.25) is 6.10 Å². The number of carbonyl (C=O) groups excluding carboxylic acids is 1. The molecule has 2 heterocycles. The van der Waals surface area contributed by atoms with Crippen LogP contribution in [0.4, 0.5) is 38.1 Å². The first-order valence-corrected chi connectivity index (χ1v) is 7.17. The topological polar surface area (TPSA) is 90.3 Å². The van der Waals surface area contributed by atoms with Gasteiger partial charge in [-0.3, -0.25) is 4.90 Å². The zero-order chi connectivity index (χ0) is 19.4. The number of cyclic esters (lactones) is 1. The fourth-order valence-electron chi connectivity index (χ4n) is 2.73. The molecule has 0 saturated carbocycles. The molecule has 0 radical (unpaired) electrons. The maximum atomic E-state index is 14.2. The third-order valence-corrected chi connectivity index (χ3v) is 4.15. The summed E-state index contributed by atoms with van der Waals surface area (Å²) in [5.74, 6) is -3.97. The Morgan fingerprint density at radius 3 is 2.19 bits per heavy atom. The van der Waals surface area contributed by atoms with E-state index in [0.717, 1.165) is 0 Å². The molecule has 2 aliphatic heterocycles. The average molecular weight is 382 g/mol. The minimum atomic E-state index is -4.94. The van der Waals surface area contributed by atoms with Crippen molar-refractivity contribution in [3.63, 3.8) is 0 Å². The number of aliphatic hydroxyl groups is 1. The van der Waals surface area contributed by atoms with E-state index in [9.17, 15) is 36.6 Å². The highest BCUT2D eigenvalue weighted by Gasteiger charge is 2.61. The highest BCUT2D eigenvalue weighted by molar-refractivity contribution is 5.94. The van der Waals surface area contributed by atoms with E-state index < -0.39 is 66.9 Å². The summed E-state index contributed by atoms with van der Waals surface area (Å²) in [5.41, 5.74) is -4.19. The molecule has 1 atom stereocenters. The number of halogens is 5. The van der Waals surface area contributed by atoms with Crippen molar-refractivity contribution in [3.8, 4) is 0 Å². The summed E-state index contributed by atoms with van der Waals surface area (Å²) in [6.45, 7) is -2.57. The number of ether oxygens (including phenoxy) is 1. The van der Waals surface area contributed by atoms with Gasteiger partial charge in [0.25, 0.3) is 0 Å². The maximum Gasteiger partial charge on any atom is 0.420 e. The highest BCUT2D eigenvalue weighted by Crippen LogP contribution is 2.42. The van der Waals surface area contributed by atoms with E-state index in [1.54, 1.807) is 0 Å². The maximum absolute atomic E-state index is 14.2. The highest BCUT2D eigenvalue weighted by atomic mass is 19.4. The molecule has 2 aliphatic rings. The van der Waals surface area contributed by atoms with E-state index in [1.807, 2.05) is 0 Å². The third kappa shape index (κ3) is 2.79. The fraction of sp³-hybridized carbons (Fsp3) is 0.429. The lowest BCUT2D eigenvalue weighted by molar-refractivity contribution is -0.267. The van der Waals surface area contributed by atoms with Gasteiger partial charge < -0.3 is 19.8 Å². The molecule has 7 nitrogen and oxygen atoms in total. The summed E-state index contributed by atoms with van der Waals surface area (Å²) >= 11 is 0. The number of hydrogen-bond donors (Lipinski definition) is 2. The Hall–Kier alpha value is -2.63. The van der Waals surface area contributed by atoms with Gasteiger partial charge in [0.15, 0.2) is 17.2 Å². The van der Waals surface area contributed by atoms with E-state index >= 15 is 0 Å². The van der Waals surface area contributed by atoms with Crippen LogP contribution in [-0.4, -0.2) is 59.8 Å². The second-order valence-electron chi connectivity index (χ2n) is 5.96. The Kier molecular flexibility index (Phi) is 3.98. The average Bonchev–Trinajstić information content (AvgIpc) is 2.85. The van der Waals surface area contributed by atoms with Crippen LogP contribution in [0.3, 0.4) is 0 Å². The van der Waals surface area contributed by atoms with Crippen LogP contribution >= 0.6 is 0 Å². The number of hydrogen-bond acceptors (Lipinski definition) is 5. The molecule has 26 heavy (non-hydrogen) atoms. The number of anilines is 2. The first kappa shape index (κ1) is 18.2. The van der Waals surface area contributed by atoms with Gasteiger partial charge in [0.05, 0.1) is 25.3 Å². The van der Waals surface area contributed by atoms with Gasteiger partial charge in [-0.25, -0.2) is 18.4 Å². The van der Waals surface area contributed by atoms with Crippen LogP contribution in [0.2, 0.25) is 0 Å². The number of nitrogens with zero attached hydrogens (tertiary/aromatic N) is 2. The molecule has 0 unspecified atom stereocenters. The van der Waals surface area contributed by atoms with Crippen molar-refractivity contribution in [1.29, 1.82) is 0 Å². The van der Waals surface area contributed by atoms with Gasteiger partial charge in [0.1, 0.15) is 5.69 Å². The molecule has 12 heteroatoms. The number of alkyl halides is 3. The summed E-state index contributed by atoms with van der Waals surface area (Å²) in [7, 11) is 0. The van der Waals surface area contributed by atoms with Crippen LogP contribution in [0.15, 0.2) is 12.1 Å². The molecule has 0 spiro atoms. The Bertz CT molecular complexity index is 754. The molecule has 1 aromatic rings. The molecule has 0 aromatic heterocycles. The van der Waals surface area contributed by atoms with Crippen molar-refractivity contribution in [1.82, 2.24) is 0 Å². The summed E-state index contributed by atoms with van der Waals surface area (Å²) in [6.07, 6.45) is -7.58. The summed E-state index contributed by atoms with van der Waals surface area (Å²) in [4.78, 5) is 23.8. The van der Waals surface area contributed by atoms with E-state index in [4.69, 9.17) is 5.11 Å². The van der Waals surface area contributed by atoms with Gasteiger partial charge in [-0.1, -0.05) is 0 Å². The van der Waals surface area contributed by atoms with Crippen molar-refractivity contribution in [2.45, 2.75) is 17.9 Å². The number of amides is 1. The molecule has 1 aromatic carbocycles. The number of rotatable bonds is 3. The predicted octanol–water partition coefficient (Wildman–Crippen LogP) is 1.49. The lowest BCUT2D eigenvalue weighted by Gasteiger charge is -2.48. The zero-order valence-corrected chi connectivity index (χ0v) is 12.8. The van der Waals surface area contributed by atoms with Crippen molar-refractivity contribution in [2.75, 3.05) is 29.4 Å². The van der Waals surface area contributed by atoms with Crippen LogP contribution in [0, 0.1) is 11.6 Å². The van der Waals surface area contributed by atoms with E-state index in [1.165, 1.54) is 0 Å². The first-order valence-electron chi connectivity index (χ1n) is 7.17. The number of carboxylic acid groups (broad SMARTS) is 1. The molecule has 0 aliphatic carbocycles. The molecule has 2 fully saturated rings. The van der Waals surface area contributed by atoms with Crippen LogP contribution in [-0.2, 0) is 9.53 Å². The van der Waals surface area contributed by atoms with Gasteiger partial charge in [-0.05, 0) is 0 Å². The SMILES string of the molecule is O=C(O)[C@H]1CN(c2cc(F)c(N3CC(O)(C(F)(F)F)C3)c(F)c2)C(=O)O1. The van der Waals surface area contributed by atoms with Gasteiger partial charge in [0, 0.05) is 12.1 Å². The van der Waals surface area contributed by atoms with Crippen LogP contribution in [0.25, 0.3) is 0 Å². The Morgan fingerprint density at radius 1 is 1.23 bits per heavy atom. The molecule has 142 valence electrons. The first-order chi connectivity index (χ1) is 11.9. The van der Waals surface area contributed by atoms with E-state index in [0.29, 0.717) is 21.9 Å². The van der Waals surface area contributed by atoms with Crippen LogP contribution in [0.1, 0.15) is 0 Å². The quantitative estimate of drug-likeness (QED) is 0.770. The smallest absolute Gasteiger partial charge is 0.420 e. The second kappa shape index (κ2) is 5.69. The molecule has 0 bridgehead atoms. The lowest BCUT2D eigenvalue weighted by atomic mass is 9.92. The van der Waals surface area contributed by atoms with Gasteiger partial charge in [-0.2, -0.15) is 13.2 Å². The van der Waals surface area contributed by atoms with Crippen LogP contribution < -0.4 is 9.80 Å². The number of β-amino-alcohol motifs (C(OH)–C–C–N with tert-alkyl or cyclic N) is 1. The van der Waals surface area contributed by atoms with E-state index in [-0.39, 0.29) is 5.69 Å². The van der Waals surface area contributed by atoms with Crippen molar-refractivity contribution < 1.29 is 46.5 Å². The van der Waals surface area contributed by atoms with Gasteiger partial charge >= 0.3 is 18.2 Å². The second-order valence-corrected chi connectivity index (χ2v) is 5.96. The van der Waals surface area contributed by atoms with Crippen molar-refractivity contribution >= 4 is 23.4 Å². The minimum Gasteiger partial charge on any atom is -0.478 e. The third-order valence-electron chi connectivity index (χ3n) is 4.15. The largest absolute Gasteiger partial charge is 0.478 e. The number of benzene rings is 1. The molecule has 2 N–H and O–H groups in total. The fourth-order valence-corrected chi connectivity index (χ4v) is 2.73. The Morgan fingerprint density at radius 2 is 1.77 bits per heavy atom. The summed E-state index contributed by atoms with van der Waals surface area (Å²) < 4.78 is 70.8. The standard InChI is InChI=1S/C14H11F5N2O5/c15-7-1-6(21-3-9(11(22)23)26-12(21)24)2-8(16)10(7)20-4-13(25,5-20)14(17,18)19/h1-2,9,25H,3-5H2,(H,22,23)/t9-/m1/s1. The normalized spacial score (nSPS) is 22.2. The van der Waals surface area contributed by atoms with Crippen molar-refractivity contribution in [2.24, 2.45) is 0 Å². The number of aliphatic carboxylic acids is 1. The molecular formula is C14H11F5N2O5. The molecule has 1 amide bonds. The molecule has 3 rings (SSSR count). The zero-order valence-electron chi connectivity index (χ0n) is 12.8. The number of carboxylic acids is 1. The molecular weight excluding hydrogens is 371 g/mol.